The quantitative estimate of drug-likeness (QED) is 0.728. The fourth-order valence-electron chi connectivity index (χ4n) is 1.75. The summed E-state index contributed by atoms with van der Waals surface area (Å²) in [7, 11) is 0. The normalized spacial score (nSPS) is 10.5. The Labute approximate surface area is 129 Å². The first kappa shape index (κ1) is 13.1. The Hall–Kier alpha value is -1.92. The van der Waals surface area contributed by atoms with Crippen LogP contribution in [-0.4, -0.2) is 18.8 Å². The van der Waals surface area contributed by atoms with Crippen LogP contribution in [0.1, 0.15) is 0 Å². The number of anilines is 2. The minimum atomic E-state index is 0.219. The predicted molar refractivity (Wildman–Crippen MR) is 82.3 cm³/mol. The van der Waals surface area contributed by atoms with Gasteiger partial charge in [0.25, 0.3) is 0 Å². The highest BCUT2D eigenvalue weighted by atomic mass is 79.9. The summed E-state index contributed by atoms with van der Waals surface area (Å²) in [5.74, 6) is 0.658. The van der Waals surface area contributed by atoms with Crippen LogP contribution >= 0.6 is 27.7 Å². The van der Waals surface area contributed by atoms with E-state index < -0.39 is 0 Å². The van der Waals surface area contributed by atoms with Gasteiger partial charge in [0.15, 0.2) is 0 Å². The molecule has 100 valence electrons. The van der Waals surface area contributed by atoms with Crippen molar-refractivity contribution in [2.75, 3.05) is 5.32 Å². The first-order valence-corrected chi connectivity index (χ1v) is 6.86. The standard InChI is InChI=1S/C13H9BrClN5/c14-20-8-10(7-17-20)9-1-3-11(4-2-9)18-12-5-6-16-13(15)19-12/h1-8H,(H,16,18,19). The third-order valence-electron chi connectivity index (χ3n) is 2.67. The van der Waals surface area contributed by atoms with Crippen LogP contribution in [0.2, 0.25) is 5.28 Å². The van der Waals surface area contributed by atoms with E-state index in [1.807, 2.05) is 30.5 Å². The zero-order chi connectivity index (χ0) is 13.9. The van der Waals surface area contributed by atoms with E-state index in [0.29, 0.717) is 5.82 Å². The van der Waals surface area contributed by atoms with Crippen LogP contribution in [0.5, 0.6) is 0 Å². The van der Waals surface area contributed by atoms with Gasteiger partial charge in [0.2, 0.25) is 5.28 Å². The summed E-state index contributed by atoms with van der Waals surface area (Å²) in [5.41, 5.74) is 3.05. The molecule has 0 saturated carbocycles. The second-order valence-electron chi connectivity index (χ2n) is 4.03. The number of hydrogen-bond acceptors (Lipinski definition) is 4. The molecule has 0 aliphatic rings. The van der Waals surface area contributed by atoms with Gasteiger partial charge in [-0.05, 0) is 35.4 Å². The molecule has 20 heavy (non-hydrogen) atoms. The van der Waals surface area contributed by atoms with E-state index in [1.165, 1.54) is 0 Å². The highest BCUT2D eigenvalue weighted by molar-refractivity contribution is 9.08. The van der Waals surface area contributed by atoms with Gasteiger partial charge in [0.1, 0.15) is 5.82 Å². The average molecular weight is 351 g/mol. The Kier molecular flexibility index (Phi) is 3.66. The summed E-state index contributed by atoms with van der Waals surface area (Å²) in [5, 5.41) is 7.46. The van der Waals surface area contributed by atoms with Crippen LogP contribution in [0.15, 0.2) is 48.9 Å². The molecule has 2 heterocycles. The zero-order valence-electron chi connectivity index (χ0n) is 10.2. The maximum Gasteiger partial charge on any atom is 0.224 e. The lowest BCUT2D eigenvalue weighted by Gasteiger charge is -2.06. The lowest BCUT2D eigenvalue weighted by Crippen LogP contribution is -1.94. The van der Waals surface area contributed by atoms with Gasteiger partial charge in [-0.1, -0.05) is 12.1 Å². The summed E-state index contributed by atoms with van der Waals surface area (Å²) in [6.45, 7) is 0. The monoisotopic (exact) mass is 349 g/mol. The number of nitrogens with zero attached hydrogens (tertiary/aromatic N) is 4. The molecule has 1 aromatic carbocycles. The largest absolute Gasteiger partial charge is 0.340 e. The molecule has 0 spiro atoms. The summed E-state index contributed by atoms with van der Waals surface area (Å²) in [4.78, 5) is 7.91. The van der Waals surface area contributed by atoms with E-state index in [-0.39, 0.29) is 5.28 Å². The second-order valence-corrected chi connectivity index (χ2v) is 5.10. The zero-order valence-corrected chi connectivity index (χ0v) is 12.5. The van der Waals surface area contributed by atoms with Crippen molar-refractivity contribution in [2.45, 2.75) is 0 Å². The van der Waals surface area contributed by atoms with Crippen molar-refractivity contribution < 1.29 is 0 Å². The van der Waals surface area contributed by atoms with Crippen molar-refractivity contribution in [3.05, 3.63) is 54.2 Å². The van der Waals surface area contributed by atoms with Crippen LogP contribution < -0.4 is 5.32 Å². The smallest absolute Gasteiger partial charge is 0.224 e. The van der Waals surface area contributed by atoms with Crippen molar-refractivity contribution in [1.82, 2.24) is 18.8 Å². The topological polar surface area (TPSA) is 55.6 Å². The molecule has 0 radical (unpaired) electrons. The maximum absolute atomic E-state index is 5.74. The third kappa shape index (κ3) is 2.97. The fourth-order valence-corrected chi connectivity index (χ4v) is 2.21. The number of nitrogens with one attached hydrogen (secondary N) is 1. The number of hydrogen-bond donors (Lipinski definition) is 1. The molecule has 2 aromatic heterocycles. The van der Waals surface area contributed by atoms with Crippen molar-refractivity contribution in [2.24, 2.45) is 0 Å². The van der Waals surface area contributed by atoms with Crippen LogP contribution in [-0.2, 0) is 0 Å². The molecular formula is C13H9BrClN5. The van der Waals surface area contributed by atoms with Crippen LogP contribution in [0.3, 0.4) is 0 Å². The van der Waals surface area contributed by atoms with Crippen molar-refractivity contribution in [3.8, 4) is 11.1 Å². The Morgan fingerprint density at radius 2 is 1.90 bits per heavy atom. The van der Waals surface area contributed by atoms with Gasteiger partial charge in [-0.15, -0.1) is 0 Å². The SMILES string of the molecule is Clc1nccc(Nc2ccc(-c3cnn(Br)c3)cc2)n1. The van der Waals surface area contributed by atoms with Gasteiger partial charge in [0.05, 0.1) is 22.3 Å². The molecule has 1 N–H and O–H groups in total. The molecule has 3 aromatic rings. The van der Waals surface area contributed by atoms with Crippen molar-refractivity contribution in [1.29, 1.82) is 0 Å². The third-order valence-corrected chi connectivity index (χ3v) is 3.24. The molecule has 3 rings (SSSR count). The highest BCUT2D eigenvalue weighted by Crippen LogP contribution is 2.22. The molecule has 7 heteroatoms. The first-order chi connectivity index (χ1) is 9.70. The molecule has 5 nitrogen and oxygen atoms in total. The minimum Gasteiger partial charge on any atom is -0.340 e. The van der Waals surface area contributed by atoms with Crippen molar-refractivity contribution in [3.63, 3.8) is 0 Å². The minimum absolute atomic E-state index is 0.219. The molecule has 0 aliphatic heterocycles. The number of halogens is 2. The molecule has 0 saturated heterocycles. The molecule has 0 unspecified atom stereocenters. The van der Waals surface area contributed by atoms with Crippen LogP contribution in [0.4, 0.5) is 11.5 Å². The van der Waals surface area contributed by atoms with Crippen LogP contribution in [0, 0.1) is 0 Å². The molecule has 0 atom stereocenters. The Bertz CT molecular complexity index is 726. The van der Waals surface area contributed by atoms with Gasteiger partial charge < -0.3 is 5.32 Å². The van der Waals surface area contributed by atoms with E-state index in [2.05, 4.69) is 36.5 Å². The van der Waals surface area contributed by atoms with E-state index in [4.69, 9.17) is 11.6 Å². The van der Waals surface area contributed by atoms with Gasteiger partial charge in [0, 0.05) is 23.6 Å². The lowest BCUT2D eigenvalue weighted by molar-refractivity contribution is 1.03. The summed E-state index contributed by atoms with van der Waals surface area (Å²) in [6, 6.07) is 9.72. The van der Waals surface area contributed by atoms with E-state index in [0.717, 1.165) is 16.8 Å². The Balaban J connectivity index is 1.79. The molecule has 0 fully saturated rings. The van der Waals surface area contributed by atoms with Crippen molar-refractivity contribution >= 4 is 39.3 Å². The second kappa shape index (κ2) is 5.60. The number of rotatable bonds is 3. The average Bonchev–Trinajstić information content (AvgIpc) is 2.86. The maximum atomic E-state index is 5.74. The van der Waals surface area contributed by atoms with Gasteiger partial charge in [-0.25, -0.2) is 13.7 Å². The van der Waals surface area contributed by atoms with E-state index in [9.17, 15) is 0 Å². The van der Waals surface area contributed by atoms with Gasteiger partial charge in [-0.2, -0.15) is 5.10 Å². The molecule has 0 aliphatic carbocycles. The Morgan fingerprint density at radius 3 is 2.55 bits per heavy atom. The Morgan fingerprint density at radius 1 is 1.10 bits per heavy atom. The van der Waals surface area contributed by atoms with E-state index in [1.54, 1.807) is 22.2 Å². The summed E-state index contributed by atoms with van der Waals surface area (Å²) < 4.78 is 1.59. The predicted octanol–water partition coefficient (Wildman–Crippen LogP) is 3.90. The summed E-state index contributed by atoms with van der Waals surface area (Å²) in [6.07, 6.45) is 5.30. The number of aromatic nitrogens is 4. The first-order valence-electron chi connectivity index (χ1n) is 5.77. The molecule has 0 bridgehead atoms. The van der Waals surface area contributed by atoms with Gasteiger partial charge >= 0.3 is 0 Å². The molecule has 0 amide bonds. The van der Waals surface area contributed by atoms with Crippen LogP contribution in [0.25, 0.3) is 11.1 Å². The summed E-state index contributed by atoms with van der Waals surface area (Å²) >= 11 is 9.00. The molecular weight excluding hydrogens is 342 g/mol. The highest BCUT2D eigenvalue weighted by Gasteiger charge is 2.02. The number of benzene rings is 1. The van der Waals surface area contributed by atoms with Gasteiger partial charge in [-0.3, -0.25) is 0 Å². The fraction of sp³-hybridized carbons (Fsp3) is 0. The lowest BCUT2D eigenvalue weighted by atomic mass is 10.1. The van der Waals surface area contributed by atoms with E-state index >= 15 is 0 Å².